The van der Waals surface area contributed by atoms with E-state index in [0.717, 1.165) is 50.9 Å². The monoisotopic (exact) mass is 400 g/mol. The third-order valence-corrected chi connectivity index (χ3v) is 4.98. The maximum Gasteiger partial charge on any atom is 0.119 e. The molecular weight excluding hydrogens is 368 g/mol. The van der Waals surface area contributed by atoms with Gasteiger partial charge in [-0.05, 0) is 42.4 Å². The molecule has 6 nitrogen and oxygen atoms in total. The molecule has 3 rings (SSSR count). The van der Waals surface area contributed by atoms with Crippen LogP contribution in [-0.2, 0) is 17.8 Å². The van der Waals surface area contributed by atoms with E-state index in [-0.39, 0.29) is 6.61 Å². The van der Waals surface area contributed by atoms with Gasteiger partial charge in [0.1, 0.15) is 24.2 Å². The van der Waals surface area contributed by atoms with Gasteiger partial charge in [-0.15, -0.1) is 0 Å². The summed E-state index contributed by atoms with van der Waals surface area (Å²) in [4.78, 5) is 4.54. The van der Waals surface area contributed by atoms with Crippen molar-refractivity contribution in [3.8, 4) is 11.5 Å². The predicted octanol–water partition coefficient (Wildman–Crippen LogP) is 2.40. The molecule has 0 saturated carbocycles. The highest BCUT2D eigenvalue weighted by atomic mass is 16.5. The van der Waals surface area contributed by atoms with Crippen molar-refractivity contribution in [3.05, 3.63) is 59.7 Å². The van der Waals surface area contributed by atoms with Gasteiger partial charge in [0.15, 0.2) is 0 Å². The molecule has 158 valence electrons. The van der Waals surface area contributed by atoms with E-state index in [2.05, 4.69) is 34.1 Å². The highest BCUT2D eigenvalue weighted by Crippen LogP contribution is 2.17. The molecule has 6 heteroatoms. The van der Waals surface area contributed by atoms with Crippen molar-refractivity contribution in [2.45, 2.75) is 19.2 Å². The van der Waals surface area contributed by atoms with Crippen molar-refractivity contribution in [2.24, 2.45) is 0 Å². The van der Waals surface area contributed by atoms with Crippen LogP contribution in [0, 0.1) is 0 Å². The van der Waals surface area contributed by atoms with Gasteiger partial charge < -0.3 is 19.3 Å². The quantitative estimate of drug-likeness (QED) is 0.661. The Morgan fingerprint density at radius 1 is 1.07 bits per heavy atom. The highest BCUT2D eigenvalue weighted by molar-refractivity contribution is 5.31. The van der Waals surface area contributed by atoms with Crippen LogP contribution in [0.4, 0.5) is 0 Å². The van der Waals surface area contributed by atoms with Crippen LogP contribution in [0.5, 0.6) is 11.5 Å². The molecule has 2 aromatic rings. The fourth-order valence-electron chi connectivity index (χ4n) is 3.50. The summed E-state index contributed by atoms with van der Waals surface area (Å²) in [5, 5.41) is 10.3. The number of hydrogen-bond donors (Lipinski definition) is 1. The molecular formula is C23H32N2O4. The average Bonchev–Trinajstić information content (AvgIpc) is 2.73. The molecule has 1 fully saturated rings. The van der Waals surface area contributed by atoms with Gasteiger partial charge in [0.2, 0.25) is 0 Å². The first-order valence-corrected chi connectivity index (χ1v) is 10.1. The standard InChI is InChI=1S/C23H32N2O4/c1-24(17-21(26)18-29-23-8-6-22(27-2)7-9-23)15-19-4-3-5-20(14-19)16-25-10-12-28-13-11-25/h3-9,14,21,26H,10-13,15-18H2,1-2H3. The Labute approximate surface area is 173 Å². The van der Waals surface area contributed by atoms with Crippen molar-refractivity contribution in [2.75, 3.05) is 53.6 Å². The second-order valence-electron chi connectivity index (χ2n) is 7.55. The first-order valence-electron chi connectivity index (χ1n) is 10.1. The Bertz CT molecular complexity index is 732. The number of rotatable bonds is 10. The number of aliphatic hydroxyl groups is 1. The van der Waals surface area contributed by atoms with E-state index < -0.39 is 6.10 Å². The molecule has 1 saturated heterocycles. The molecule has 0 bridgehead atoms. The molecule has 0 aromatic heterocycles. The minimum atomic E-state index is -0.557. The van der Waals surface area contributed by atoms with Crippen LogP contribution in [0.15, 0.2) is 48.5 Å². The summed E-state index contributed by atoms with van der Waals surface area (Å²) in [6, 6.07) is 16.1. The van der Waals surface area contributed by atoms with Crippen LogP contribution in [0.2, 0.25) is 0 Å². The number of benzene rings is 2. The van der Waals surface area contributed by atoms with E-state index in [1.807, 2.05) is 31.3 Å². The maximum atomic E-state index is 10.3. The lowest BCUT2D eigenvalue weighted by atomic mass is 10.1. The second-order valence-corrected chi connectivity index (χ2v) is 7.55. The average molecular weight is 401 g/mol. The number of nitrogens with zero attached hydrogens (tertiary/aromatic N) is 2. The van der Waals surface area contributed by atoms with Gasteiger partial charge >= 0.3 is 0 Å². The minimum absolute atomic E-state index is 0.258. The molecule has 1 aliphatic rings. The largest absolute Gasteiger partial charge is 0.497 e. The van der Waals surface area contributed by atoms with Gasteiger partial charge in [-0.3, -0.25) is 9.80 Å². The number of morpholine rings is 1. The summed E-state index contributed by atoms with van der Waals surface area (Å²) >= 11 is 0. The van der Waals surface area contributed by atoms with Gasteiger partial charge in [0.05, 0.1) is 20.3 Å². The summed E-state index contributed by atoms with van der Waals surface area (Å²) in [5.41, 5.74) is 2.57. The van der Waals surface area contributed by atoms with Crippen molar-refractivity contribution >= 4 is 0 Å². The zero-order chi connectivity index (χ0) is 20.5. The topological polar surface area (TPSA) is 54.4 Å². The first-order chi connectivity index (χ1) is 14.1. The number of methoxy groups -OCH3 is 1. The Balaban J connectivity index is 1.43. The molecule has 2 aromatic carbocycles. The number of likely N-dealkylation sites (N-methyl/N-ethyl adjacent to an activating group) is 1. The lowest BCUT2D eigenvalue weighted by molar-refractivity contribution is 0.0342. The lowest BCUT2D eigenvalue weighted by Gasteiger charge is -2.27. The fraction of sp³-hybridized carbons (Fsp3) is 0.478. The predicted molar refractivity (Wildman–Crippen MR) is 113 cm³/mol. The van der Waals surface area contributed by atoms with Gasteiger partial charge in [-0.25, -0.2) is 0 Å². The van der Waals surface area contributed by atoms with E-state index in [9.17, 15) is 5.11 Å². The zero-order valence-corrected chi connectivity index (χ0v) is 17.4. The second kappa shape index (κ2) is 11.2. The molecule has 1 aliphatic heterocycles. The molecule has 1 atom stereocenters. The van der Waals surface area contributed by atoms with E-state index in [1.54, 1.807) is 7.11 Å². The fourth-order valence-corrected chi connectivity index (χ4v) is 3.50. The lowest BCUT2D eigenvalue weighted by Crippen LogP contribution is -2.35. The van der Waals surface area contributed by atoms with Crippen molar-refractivity contribution in [3.63, 3.8) is 0 Å². The Kier molecular flexibility index (Phi) is 8.31. The number of aliphatic hydroxyl groups excluding tert-OH is 1. The summed E-state index contributed by atoms with van der Waals surface area (Å²) < 4.78 is 16.2. The van der Waals surface area contributed by atoms with Crippen LogP contribution in [-0.4, -0.2) is 74.6 Å². The summed E-state index contributed by atoms with van der Waals surface area (Å²) in [7, 11) is 3.65. The Morgan fingerprint density at radius 3 is 2.48 bits per heavy atom. The van der Waals surface area contributed by atoms with Crippen LogP contribution in [0.25, 0.3) is 0 Å². The van der Waals surface area contributed by atoms with Gasteiger partial charge in [0.25, 0.3) is 0 Å². The number of ether oxygens (including phenoxy) is 3. The molecule has 1 heterocycles. The van der Waals surface area contributed by atoms with Crippen molar-refractivity contribution < 1.29 is 19.3 Å². The summed E-state index contributed by atoms with van der Waals surface area (Å²) in [6.07, 6.45) is -0.557. The van der Waals surface area contributed by atoms with E-state index in [4.69, 9.17) is 14.2 Å². The van der Waals surface area contributed by atoms with Crippen LogP contribution in [0.1, 0.15) is 11.1 Å². The summed E-state index contributed by atoms with van der Waals surface area (Å²) in [5.74, 6) is 1.51. The normalized spacial score (nSPS) is 16.0. The van der Waals surface area contributed by atoms with Crippen LogP contribution >= 0.6 is 0 Å². The SMILES string of the molecule is COc1ccc(OCC(O)CN(C)Cc2cccc(CN3CCOCC3)c2)cc1. The zero-order valence-electron chi connectivity index (χ0n) is 17.4. The van der Waals surface area contributed by atoms with Gasteiger partial charge in [0, 0.05) is 32.7 Å². The first kappa shape index (κ1) is 21.6. The van der Waals surface area contributed by atoms with Crippen LogP contribution < -0.4 is 9.47 Å². The molecule has 1 N–H and O–H groups in total. The van der Waals surface area contributed by atoms with E-state index in [1.165, 1.54) is 11.1 Å². The third kappa shape index (κ3) is 7.33. The molecule has 1 unspecified atom stereocenters. The highest BCUT2D eigenvalue weighted by Gasteiger charge is 2.12. The third-order valence-electron chi connectivity index (χ3n) is 4.98. The summed E-state index contributed by atoms with van der Waals surface area (Å²) in [6.45, 7) is 6.17. The van der Waals surface area contributed by atoms with E-state index >= 15 is 0 Å². The maximum absolute atomic E-state index is 10.3. The Morgan fingerprint density at radius 2 is 1.76 bits per heavy atom. The van der Waals surface area contributed by atoms with E-state index in [0.29, 0.717) is 6.54 Å². The molecule has 0 spiro atoms. The Hall–Kier alpha value is -2.12. The number of hydrogen-bond acceptors (Lipinski definition) is 6. The van der Waals surface area contributed by atoms with Crippen molar-refractivity contribution in [1.29, 1.82) is 0 Å². The minimum Gasteiger partial charge on any atom is -0.497 e. The van der Waals surface area contributed by atoms with Gasteiger partial charge in [-0.1, -0.05) is 24.3 Å². The molecule has 29 heavy (non-hydrogen) atoms. The van der Waals surface area contributed by atoms with Crippen molar-refractivity contribution in [1.82, 2.24) is 9.80 Å². The van der Waals surface area contributed by atoms with Crippen LogP contribution in [0.3, 0.4) is 0 Å². The molecule has 0 amide bonds. The molecule has 0 aliphatic carbocycles. The molecule has 0 radical (unpaired) electrons. The van der Waals surface area contributed by atoms with Gasteiger partial charge in [-0.2, -0.15) is 0 Å². The smallest absolute Gasteiger partial charge is 0.119 e.